The molecule has 2 amide bonds. The Hall–Kier alpha value is -2.43. The molecule has 4 nitrogen and oxygen atoms in total. The quantitative estimate of drug-likeness (QED) is 0.516. The van der Waals surface area contributed by atoms with E-state index in [1.165, 1.54) is 5.56 Å². The lowest BCUT2D eigenvalue weighted by molar-refractivity contribution is 0.199. The third-order valence-electron chi connectivity index (χ3n) is 5.39. The number of carbonyl (C=O) groups excluding carboxylic acids is 1. The maximum Gasteiger partial charge on any atom is 0.322 e. The van der Waals surface area contributed by atoms with Gasteiger partial charge in [0.15, 0.2) is 0 Å². The van der Waals surface area contributed by atoms with Crippen LogP contribution in [0.5, 0.6) is 0 Å². The summed E-state index contributed by atoms with van der Waals surface area (Å²) in [5.41, 5.74) is 4.04. The van der Waals surface area contributed by atoms with Gasteiger partial charge in [-0.3, -0.25) is 0 Å². The Kier molecular flexibility index (Phi) is 5.84. The molecule has 1 aliphatic heterocycles. The van der Waals surface area contributed by atoms with Crippen molar-refractivity contribution in [3.8, 4) is 0 Å². The van der Waals surface area contributed by atoms with Crippen LogP contribution in [-0.2, 0) is 13.0 Å². The molecule has 4 rings (SSSR count). The standard InChI is InChI=1S/C23H23Cl2N3O/c1-2-16-6-9-18(10-7-16)26-23(29)28-14-4-13-27-12-3-5-21(27)22(28)17-8-11-19(24)20(25)15-17/h3,5-12,15,22H,2,4,13-14H2,1H3,(H,26,29). The highest BCUT2D eigenvalue weighted by atomic mass is 35.5. The summed E-state index contributed by atoms with van der Waals surface area (Å²) >= 11 is 12.4. The Morgan fingerprint density at radius 2 is 1.86 bits per heavy atom. The monoisotopic (exact) mass is 427 g/mol. The van der Waals surface area contributed by atoms with E-state index in [0.29, 0.717) is 16.6 Å². The van der Waals surface area contributed by atoms with Gasteiger partial charge in [0.2, 0.25) is 0 Å². The second-order valence-electron chi connectivity index (χ2n) is 7.23. The van der Waals surface area contributed by atoms with Gasteiger partial charge in [0, 0.05) is 30.7 Å². The van der Waals surface area contributed by atoms with Crippen LogP contribution < -0.4 is 5.32 Å². The molecule has 3 aromatic rings. The Labute approximate surface area is 181 Å². The first kappa shape index (κ1) is 19.9. The molecule has 0 aliphatic carbocycles. The number of nitrogens with zero attached hydrogens (tertiary/aromatic N) is 2. The Morgan fingerprint density at radius 1 is 1.07 bits per heavy atom. The average molecular weight is 428 g/mol. The fourth-order valence-electron chi connectivity index (χ4n) is 3.85. The molecular formula is C23H23Cl2N3O. The van der Waals surface area contributed by atoms with E-state index in [2.05, 4.69) is 29.1 Å². The normalized spacial score (nSPS) is 16.2. The summed E-state index contributed by atoms with van der Waals surface area (Å²) < 4.78 is 2.20. The number of aromatic nitrogens is 1. The van der Waals surface area contributed by atoms with Gasteiger partial charge in [-0.1, -0.05) is 48.3 Å². The predicted molar refractivity (Wildman–Crippen MR) is 119 cm³/mol. The summed E-state index contributed by atoms with van der Waals surface area (Å²) in [4.78, 5) is 15.2. The zero-order valence-electron chi connectivity index (χ0n) is 16.2. The number of benzene rings is 2. The van der Waals surface area contributed by atoms with Crippen molar-refractivity contribution in [1.82, 2.24) is 9.47 Å². The van der Waals surface area contributed by atoms with E-state index < -0.39 is 0 Å². The van der Waals surface area contributed by atoms with Crippen LogP contribution in [0.2, 0.25) is 10.0 Å². The minimum absolute atomic E-state index is 0.125. The van der Waals surface area contributed by atoms with E-state index >= 15 is 0 Å². The molecule has 150 valence electrons. The summed E-state index contributed by atoms with van der Waals surface area (Å²) in [6.07, 6.45) is 3.91. The van der Waals surface area contributed by atoms with E-state index in [-0.39, 0.29) is 12.1 Å². The fraction of sp³-hybridized carbons (Fsp3) is 0.261. The lowest BCUT2D eigenvalue weighted by Crippen LogP contribution is -2.38. The molecule has 1 aromatic heterocycles. The summed E-state index contributed by atoms with van der Waals surface area (Å²) in [6.45, 7) is 3.63. The maximum atomic E-state index is 13.3. The number of anilines is 1. The van der Waals surface area contributed by atoms with Crippen LogP contribution in [0.3, 0.4) is 0 Å². The van der Waals surface area contributed by atoms with Crippen LogP contribution >= 0.6 is 23.2 Å². The Bertz CT molecular complexity index is 1010. The van der Waals surface area contributed by atoms with E-state index in [1.807, 2.05) is 47.4 Å². The number of hydrogen-bond acceptors (Lipinski definition) is 1. The van der Waals surface area contributed by atoms with Crippen molar-refractivity contribution in [1.29, 1.82) is 0 Å². The molecular weight excluding hydrogens is 405 g/mol. The van der Waals surface area contributed by atoms with Crippen molar-refractivity contribution in [3.63, 3.8) is 0 Å². The van der Waals surface area contributed by atoms with Gasteiger partial charge in [-0.05, 0) is 60.4 Å². The third kappa shape index (κ3) is 4.14. The van der Waals surface area contributed by atoms with Crippen LogP contribution in [-0.4, -0.2) is 22.0 Å². The lowest BCUT2D eigenvalue weighted by atomic mass is 10.0. The number of halogens is 2. The maximum absolute atomic E-state index is 13.3. The molecule has 29 heavy (non-hydrogen) atoms. The number of aryl methyl sites for hydroxylation is 2. The van der Waals surface area contributed by atoms with Crippen molar-refractivity contribution in [3.05, 3.63) is 87.7 Å². The molecule has 6 heteroatoms. The van der Waals surface area contributed by atoms with Crippen LogP contribution in [0, 0.1) is 0 Å². The van der Waals surface area contributed by atoms with Crippen LogP contribution in [0.4, 0.5) is 10.5 Å². The molecule has 0 saturated heterocycles. The highest BCUT2D eigenvalue weighted by Crippen LogP contribution is 2.35. The molecule has 1 atom stereocenters. The molecule has 2 heterocycles. The van der Waals surface area contributed by atoms with Crippen molar-refractivity contribution < 1.29 is 4.79 Å². The van der Waals surface area contributed by atoms with Crippen molar-refractivity contribution in [2.45, 2.75) is 32.4 Å². The number of rotatable bonds is 3. The van der Waals surface area contributed by atoms with Crippen LogP contribution in [0.1, 0.15) is 36.2 Å². The smallest absolute Gasteiger partial charge is 0.322 e. The summed E-state index contributed by atoms with van der Waals surface area (Å²) in [6, 6.07) is 17.3. The first-order valence-electron chi connectivity index (χ1n) is 9.83. The summed E-state index contributed by atoms with van der Waals surface area (Å²) in [7, 11) is 0. The molecule has 0 spiro atoms. The Morgan fingerprint density at radius 3 is 2.59 bits per heavy atom. The highest BCUT2D eigenvalue weighted by Gasteiger charge is 2.31. The second-order valence-corrected chi connectivity index (χ2v) is 8.04. The topological polar surface area (TPSA) is 37.3 Å². The van der Waals surface area contributed by atoms with Crippen molar-refractivity contribution >= 4 is 34.9 Å². The molecule has 1 unspecified atom stereocenters. The van der Waals surface area contributed by atoms with Gasteiger partial charge in [-0.15, -0.1) is 0 Å². The van der Waals surface area contributed by atoms with Crippen LogP contribution in [0.15, 0.2) is 60.8 Å². The second kappa shape index (κ2) is 8.52. The molecule has 2 aromatic carbocycles. The molecule has 0 fully saturated rings. The number of hydrogen-bond donors (Lipinski definition) is 1. The number of fused-ring (bicyclic) bond motifs is 1. The van der Waals surface area contributed by atoms with E-state index in [4.69, 9.17) is 23.2 Å². The predicted octanol–water partition coefficient (Wildman–Crippen LogP) is 6.38. The van der Waals surface area contributed by atoms with Crippen LogP contribution in [0.25, 0.3) is 0 Å². The zero-order valence-corrected chi connectivity index (χ0v) is 17.7. The lowest BCUT2D eigenvalue weighted by Gasteiger charge is -2.31. The summed E-state index contributed by atoms with van der Waals surface area (Å²) in [5.74, 6) is 0. The van der Waals surface area contributed by atoms with Crippen molar-refractivity contribution in [2.24, 2.45) is 0 Å². The van der Waals surface area contributed by atoms with Gasteiger partial charge in [0.1, 0.15) is 0 Å². The minimum atomic E-state index is -0.239. The molecule has 0 radical (unpaired) electrons. The van der Waals surface area contributed by atoms with Gasteiger partial charge < -0.3 is 14.8 Å². The molecule has 1 aliphatic rings. The number of carbonyl (C=O) groups is 1. The van der Waals surface area contributed by atoms with Gasteiger partial charge in [0.05, 0.1) is 16.1 Å². The first-order chi connectivity index (χ1) is 14.1. The van der Waals surface area contributed by atoms with E-state index in [0.717, 1.165) is 36.3 Å². The minimum Gasteiger partial charge on any atom is -0.349 e. The number of amides is 2. The zero-order chi connectivity index (χ0) is 20.4. The summed E-state index contributed by atoms with van der Waals surface area (Å²) in [5, 5.41) is 4.05. The average Bonchev–Trinajstić information content (AvgIpc) is 3.10. The third-order valence-corrected chi connectivity index (χ3v) is 6.13. The van der Waals surface area contributed by atoms with Crippen molar-refractivity contribution in [2.75, 3.05) is 11.9 Å². The van der Waals surface area contributed by atoms with Gasteiger partial charge in [-0.2, -0.15) is 0 Å². The van der Waals surface area contributed by atoms with Gasteiger partial charge >= 0.3 is 6.03 Å². The largest absolute Gasteiger partial charge is 0.349 e. The highest BCUT2D eigenvalue weighted by molar-refractivity contribution is 6.42. The SMILES string of the molecule is CCc1ccc(NC(=O)N2CCCn3cccc3C2c2ccc(Cl)c(Cl)c2)cc1. The van der Waals surface area contributed by atoms with E-state index in [1.54, 1.807) is 6.07 Å². The fourth-order valence-corrected chi connectivity index (χ4v) is 4.16. The molecule has 0 saturated carbocycles. The number of urea groups is 1. The number of nitrogens with one attached hydrogen (secondary N) is 1. The van der Waals surface area contributed by atoms with Gasteiger partial charge in [0.25, 0.3) is 0 Å². The first-order valence-corrected chi connectivity index (χ1v) is 10.6. The van der Waals surface area contributed by atoms with E-state index in [9.17, 15) is 4.79 Å². The Balaban J connectivity index is 1.68. The molecule has 0 bridgehead atoms. The molecule has 1 N–H and O–H groups in total. The van der Waals surface area contributed by atoms with Gasteiger partial charge in [-0.25, -0.2) is 4.79 Å².